The summed E-state index contributed by atoms with van der Waals surface area (Å²) in [4.78, 5) is 11.2. The van der Waals surface area contributed by atoms with Gasteiger partial charge in [0, 0.05) is 25.0 Å². The van der Waals surface area contributed by atoms with E-state index >= 15 is 0 Å². The van der Waals surface area contributed by atoms with E-state index < -0.39 is 0 Å². The second-order valence-electron chi connectivity index (χ2n) is 3.36. The first-order valence-electron chi connectivity index (χ1n) is 4.66. The van der Waals surface area contributed by atoms with Gasteiger partial charge in [0.1, 0.15) is 6.54 Å². The first-order valence-corrected chi connectivity index (χ1v) is 4.66. The Bertz CT molecular complexity index is 341. The van der Waals surface area contributed by atoms with Gasteiger partial charge in [0.2, 0.25) is 5.91 Å². The van der Waals surface area contributed by atoms with Crippen LogP contribution in [0.1, 0.15) is 17.0 Å². The lowest BCUT2D eigenvalue weighted by Crippen LogP contribution is -2.24. The zero-order valence-electron chi connectivity index (χ0n) is 8.92. The third-order valence-corrected chi connectivity index (χ3v) is 2.48. The summed E-state index contributed by atoms with van der Waals surface area (Å²) in [5.74, 6) is 0.00960. The van der Waals surface area contributed by atoms with E-state index in [4.69, 9.17) is 5.73 Å². The molecule has 3 N–H and O–H groups in total. The molecular formula is C10H17N3O. The molecule has 0 saturated carbocycles. The van der Waals surface area contributed by atoms with E-state index in [2.05, 4.69) is 5.32 Å². The molecule has 0 spiro atoms. The van der Waals surface area contributed by atoms with Gasteiger partial charge in [0.15, 0.2) is 0 Å². The molecule has 1 rings (SSSR count). The molecule has 1 aromatic rings. The fraction of sp³-hybridized carbons (Fsp3) is 0.500. The maximum absolute atomic E-state index is 11.2. The number of likely N-dealkylation sites (N-methyl/N-ethyl adjacent to an activating group) is 1. The van der Waals surface area contributed by atoms with Crippen molar-refractivity contribution in [3.05, 3.63) is 23.0 Å². The van der Waals surface area contributed by atoms with E-state index in [0.29, 0.717) is 13.1 Å². The van der Waals surface area contributed by atoms with E-state index in [0.717, 1.165) is 17.0 Å². The lowest BCUT2D eigenvalue weighted by atomic mass is 10.2. The number of hydrogen-bond acceptors (Lipinski definition) is 2. The van der Waals surface area contributed by atoms with Crippen molar-refractivity contribution >= 4 is 5.91 Å². The van der Waals surface area contributed by atoms with Gasteiger partial charge < -0.3 is 15.6 Å². The Morgan fingerprint density at radius 3 is 2.64 bits per heavy atom. The van der Waals surface area contributed by atoms with Crippen LogP contribution in [0.3, 0.4) is 0 Å². The number of carbonyl (C=O) groups excluding carboxylic acids is 1. The fourth-order valence-corrected chi connectivity index (χ4v) is 1.54. The number of aromatic nitrogens is 1. The molecular weight excluding hydrogens is 178 g/mol. The van der Waals surface area contributed by atoms with Crippen molar-refractivity contribution in [2.24, 2.45) is 5.73 Å². The topological polar surface area (TPSA) is 60.0 Å². The molecule has 0 bridgehead atoms. The van der Waals surface area contributed by atoms with Crippen LogP contribution < -0.4 is 11.1 Å². The molecule has 0 aliphatic carbocycles. The highest BCUT2D eigenvalue weighted by atomic mass is 16.1. The fourth-order valence-electron chi connectivity index (χ4n) is 1.54. The molecule has 1 amide bonds. The SMILES string of the molecule is CNC(=O)Cn1c(C)cc(CN)c1C. The van der Waals surface area contributed by atoms with E-state index in [-0.39, 0.29) is 5.91 Å². The molecule has 0 aliphatic rings. The third-order valence-electron chi connectivity index (χ3n) is 2.48. The number of nitrogens with one attached hydrogen (secondary N) is 1. The lowest BCUT2D eigenvalue weighted by Gasteiger charge is -2.08. The molecule has 1 heterocycles. The maximum atomic E-state index is 11.2. The van der Waals surface area contributed by atoms with E-state index in [9.17, 15) is 4.79 Å². The summed E-state index contributed by atoms with van der Waals surface area (Å²) < 4.78 is 1.97. The van der Waals surface area contributed by atoms with Gasteiger partial charge in [0.25, 0.3) is 0 Å². The number of nitrogens with two attached hydrogens (primary N) is 1. The Labute approximate surface area is 84.1 Å². The number of aryl methyl sites for hydroxylation is 1. The largest absolute Gasteiger partial charge is 0.358 e. The van der Waals surface area contributed by atoms with Gasteiger partial charge in [-0.05, 0) is 25.5 Å². The van der Waals surface area contributed by atoms with Crippen LogP contribution in [0.4, 0.5) is 0 Å². The lowest BCUT2D eigenvalue weighted by molar-refractivity contribution is -0.121. The van der Waals surface area contributed by atoms with Crippen molar-refractivity contribution in [2.45, 2.75) is 26.9 Å². The van der Waals surface area contributed by atoms with Gasteiger partial charge in [-0.25, -0.2) is 0 Å². The molecule has 0 aromatic carbocycles. The normalized spacial score (nSPS) is 10.3. The van der Waals surface area contributed by atoms with Gasteiger partial charge in [-0.15, -0.1) is 0 Å². The van der Waals surface area contributed by atoms with E-state index in [1.165, 1.54) is 0 Å². The quantitative estimate of drug-likeness (QED) is 0.729. The third kappa shape index (κ3) is 1.96. The molecule has 14 heavy (non-hydrogen) atoms. The zero-order chi connectivity index (χ0) is 10.7. The molecule has 0 saturated heterocycles. The Kier molecular flexibility index (Phi) is 3.30. The average Bonchev–Trinajstić information content (AvgIpc) is 2.44. The van der Waals surface area contributed by atoms with Gasteiger partial charge in [-0.1, -0.05) is 0 Å². The molecule has 78 valence electrons. The van der Waals surface area contributed by atoms with Crippen LogP contribution in [0.5, 0.6) is 0 Å². The highest BCUT2D eigenvalue weighted by molar-refractivity contribution is 5.75. The highest BCUT2D eigenvalue weighted by Gasteiger charge is 2.09. The van der Waals surface area contributed by atoms with Crippen LogP contribution in [-0.4, -0.2) is 17.5 Å². The molecule has 4 nitrogen and oxygen atoms in total. The average molecular weight is 195 g/mol. The van der Waals surface area contributed by atoms with Crippen LogP contribution in [0.25, 0.3) is 0 Å². The number of amides is 1. The first-order chi connectivity index (χ1) is 6.60. The second kappa shape index (κ2) is 4.28. The summed E-state index contributed by atoms with van der Waals surface area (Å²) in [6, 6.07) is 2.03. The predicted molar refractivity (Wildman–Crippen MR) is 55.9 cm³/mol. The Morgan fingerprint density at radius 2 is 2.21 bits per heavy atom. The molecule has 0 atom stereocenters. The van der Waals surface area contributed by atoms with Crippen LogP contribution in [0.2, 0.25) is 0 Å². The van der Waals surface area contributed by atoms with Gasteiger partial charge in [-0.3, -0.25) is 4.79 Å². The number of nitrogens with zero attached hydrogens (tertiary/aromatic N) is 1. The number of carbonyl (C=O) groups is 1. The van der Waals surface area contributed by atoms with Gasteiger partial charge >= 0.3 is 0 Å². The highest BCUT2D eigenvalue weighted by Crippen LogP contribution is 2.13. The predicted octanol–water partition coefficient (Wildman–Crippen LogP) is 0.310. The minimum atomic E-state index is 0.00960. The summed E-state index contributed by atoms with van der Waals surface area (Å²) in [7, 11) is 1.64. The van der Waals surface area contributed by atoms with Crippen LogP contribution in [-0.2, 0) is 17.9 Å². The van der Waals surface area contributed by atoms with Gasteiger partial charge in [-0.2, -0.15) is 0 Å². The van der Waals surface area contributed by atoms with Crippen molar-refractivity contribution < 1.29 is 4.79 Å². The Hall–Kier alpha value is -1.29. The van der Waals surface area contributed by atoms with Crippen molar-refractivity contribution in [3.63, 3.8) is 0 Å². The van der Waals surface area contributed by atoms with Crippen LogP contribution in [0.15, 0.2) is 6.07 Å². The van der Waals surface area contributed by atoms with Crippen LogP contribution >= 0.6 is 0 Å². The van der Waals surface area contributed by atoms with Crippen molar-refractivity contribution in [2.75, 3.05) is 7.05 Å². The molecule has 4 heteroatoms. The Balaban J connectivity index is 2.96. The molecule has 0 radical (unpaired) electrons. The molecule has 0 aliphatic heterocycles. The smallest absolute Gasteiger partial charge is 0.239 e. The first kappa shape index (κ1) is 10.8. The summed E-state index contributed by atoms with van der Waals surface area (Å²) in [6.45, 7) is 4.86. The molecule has 0 fully saturated rings. The van der Waals surface area contributed by atoms with E-state index in [1.54, 1.807) is 7.05 Å². The number of rotatable bonds is 3. The minimum Gasteiger partial charge on any atom is -0.358 e. The summed E-state index contributed by atoms with van der Waals surface area (Å²) in [5, 5.41) is 2.60. The summed E-state index contributed by atoms with van der Waals surface area (Å²) in [6.07, 6.45) is 0. The van der Waals surface area contributed by atoms with Crippen LogP contribution in [0, 0.1) is 13.8 Å². The molecule has 0 unspecified atom stereocenters. The van der Waals surface area contributed by atoms with E-state index in [1.807, 2.05) is 24.5 Å². The monoisotopic (exact) mass is 195 g/mol. The maximum Gasteiger partial charge on any atom is 0.239 e. The zero-order valence-corrected chi connectivity index (χ0v) is 8.92. The van der Waals surface area contributed by atoms with Crippen molar-refractivity contribution in [1.29, 1.82) is 0 Å². The second-order valence-corrected chi connectivity index (χ2v) is 3.36. The Morgan fingerprint density at radius 1 is 1.57 bits per heavy atom. The van der Waals surface area contributed by atoms with Crippen molar-refractivity contribution in [3.8, 4) is 0 Å². The number of hydrogen-bond donors (Lipinski definition) is 2. The minimum absolute atomic E-state index is 0.00960. The van der Waals surface area contributed by atoms with Crippen molar-refractivity contribution in [1.82, 2.24) is 9.88 Å². The molecule has 1 aromatic heterocycles. The standard InChI is InChI=1S/C10H17N3O/c1-7-4-9(5-11)8(2)13(7)6-10(14)12-3/h4H,5-6,11H2,1-3H3,(H,12,14). The van der Waals surface area contributed by atoms with Gasteiger partial charge in [0.05, 0.1) is 0 Å². The summed E-state index contributed by atoms with van der Waals surface area (Å²) in [5.41, 5.74) is 8.84. The summed E-state index contributed by atoms with van der Waals surface area (Å²) >= 11 is 0.